The Balaban J connectivity index is 1.55. The highest BCUT2D eigenvalue weighted by Gasteiger charge is 2.30. The van der Waals surface area contributed by atoms with Gasteiger partial charge in [-0.1, -0.05) is 18.2 Å². The third kappa shape index (κ3) is 2.99. The van der Waals surface area contributed by atoms with E-state index < -0.39 is 9.84 Å². The molecule has 0 aliphatic carbocycles. The summed E-state index contributed by atoms with van der Waals surface area (Å²) in [7, 11) is -3.27. The number of carbonyl (C=O) groups is 1. The summed E-state index contributed by atoms with van der Waals surface area (Å²) in [6, 6.07) is 13.5. The van der Waals surface area contributed by atoms with Crippen LogP contribution in [-0.2, 0) is 9.84 Å². The van der Waals surface area contributed by atoms with E-state index in [2.05, 4.69) is 15.4 Å². The first-order valence-electron chi connectivity index (χ1n) is 8.12. The highest BCUT2D eigenvalue weighted by molar-refractivity contribution is 7.91. The standard InChI is InChI=1S/C18H16N4O3S/c23-18(13-5-7-14(8-6-13)22-12-19-11-20-22)21-16-9-10-26(24,25)17-4-2-1-3-15(16)17/h1-8,11-12,16H,9-10H2,(H,21,23). The molecule has 26 heavy (non-hydrogen) atoms. The fourth-order valence-corrected chi connectivity index (χ4v) is 4.71. The van der Waals surface area contributed by atoms with E-state index in [1.165, 1.54) is 6.33 Å². The summed E-state index contributed by atoms with van der Waals surface area (Å²) in [5.41, 5.74) is 1.94. The topological polar surface area (TPSA) is 94.0 Å². The molecule has 1 aliphatic rings. The Bertz CT molecular complexity index is 1040. The molecule has 7 nitrogen and oxygen atoms in total. The van der Waals surface area contributed by atoms with Crippen molar-refractivity contribution >= 4 is 15.7 Å². The fraction of sp³-hybridized carbons (Fsp3) is 0.167. The summed E-state index contributed by atoms with van der Waals surface area (Å²) in [4.78, 5) is 16.8. The predicted molar refractivity (Wildman–Crippen MR) is 94.7 cm³/mol. The van der Waals surface area contributed by atoms with E-state index in [4.69, 9.17) is 0 Å². The van der Waals surface area contributed by atoms with E-state index in [0.29, 0.717) is 22.4 Å². The van der Waals surface area contributed by atoms with Crippen LogP contribution in [0.15, 0.2) is 66.1 Å². The van der Waals surface area contributed by atoms with Crippen LogP contribution < -0.4 is 5.32 Å². The van der Waals surface area contributed by atoms with Crippen LogP contribution in [0.1, 0.15) is 28.4 Å². The molecule has 0 bridgehead atoms. The number of aromatic nitrogens is 3. The van der Waals surface area contributed by atoms with Gasteiger partial charge in [-0.3, -0.25) is 4.79 Å². The maximum Gasteiger partial charge on any atom is 0.251 e. The van der Waals surface area contributed by atoms with Crippen molar-refractivity contribution in [1.29, 1.82) is 0 Å². The van der Waals surface area contributed by atoms with Crippen LogP contribution in [0.2, 0.25) is 0 Å². The summed E-state index contributed by atoms with van der Waals surface area (Å²) >= 11 is 0. The molecule has 8 heteroatoms. The van der Waals surface area contributed by atoms with Crippen LogP contribution in [0.25, 0.3) is 5.69 Å². The van der Waals surface area contributed by atoms with Crippen molar-refractivity contribution in [2.45, 2.75) is 17.4 Å². The highest BCUT2D eigenvalue weighted by Crippen LogP contribution is 2.32. The maximum absolute atomic E-state index is 12.6. The molecule has 1 aliphatic heterocycles. The number of hydrogen-bond acceptors (Lipinski definition) is 5. The van der Waals surface area contributed by atoms with Crippen molar-refractivity contribution < 1.29 is 13.2 Å². The zero-order valence-electron chi connectivity index (χ0n) is 13.7. The van der Waals surface area contributed by atoms with Gasteiger partial charge in [0.15, 0.2) is 9.84 Å². The van der Waals surface area contributed by atoms with E-state index in [0.717, 1.165) is 5.69 Å². The van der Waals surface area contributed by atoms with Crippen LogP contribution in [0.5, 0.6) is 0 Å². The molecule has 0 radical (unpaired) electrons. The Hall–Kier alpha value is -3.00. The molecule has 1 aromatic heterocycles. The molecule has 2 aromatic carbocycles. The van der Waals surface area contributed by atoms with Crippen molar-refractivity contribution in [3.63, 3.8) is 0 Å². The Morgan fingerprint density at radius 3 is 2.62 bits per heavy atom. The molecule has 0 spiro atoms. The number of benzene rings is 2. The van der Waals surface area contributed by atoms with Crippen molar-refractivity contribution in [2.75, 3.05) is 5.75 Å². The summed E-state index contributed by atoms with van der Waals surface area (Å²) in [5.74, 6) is -0.213. The average Bonchev–Trinajstić information content (AvgIpc) is 3.19. The molecule has 4 rings (SSSR count). The Morgan fingerprint density at radius 1 is 1.12 bits per heavy atom. The molecule has 1 N–H and O–H groups in total. The molecule has 0 fully saturated rings. The summed E-state index contributed by atoms with van der Waals surface area (Å²) in [6.07, 6.45) is 3.38. The van der Waals surface area contributed by atoms with Crippen LogP contribution >= 0.6 is 0 Å². The maximum atomic E-state index is 12.6. The van der Waals surface area contributed by atoms with Crippen LogP contribution in [0.4, 0.5) is 0 Å². The molecule has 1 amide bonds. The number of sulfone groups is 1. The molecule has 1 atom stereocenters. The summed E-state index contributed by atoms with van der Waals surface area (Å²) in [6.45, 7) is 0. The summed E-state index contributed by atoms with van der Waals surface area (Å²) in [5, 5.41) is 6.99. The number of rotatable bonds is 3. The highest BCUT2D eigenvalue weighted by atomic mass is 32.2. The average molecular weight is 368 g/mol. The minimum absolute atomic E-state index is 0.0280. The van der Waals surface area contributed by atoms with Crippen LogP contribution in [-0.4, -0.2) is 34.8 Å². The fourth-order valence-electron chi connectivity index (χ4n) is 3.09. The van der Waals surface area contributed by atoms with Crippen molar-refractivity contribution in [2.24, 2.45) is 0 Å². The smallest absolute Gasteiger partial charge is 0.251 e. The second-order valence-electron chi connectivity index (χ2n) is 6.06. The Labute approximate surface area is 150 Å². The number of nitrogens with one attached hydrogen (secondary N) is 1. The SMILES string of the molecule is O=C(NC1CCS(=O)(=O)c2ccccc21)c1ccc(-n2cncn2)cc1. The monoisotopic (exact) mass is 368 g/mol. The minimum atomic E-state index is -3.27. The van der Waals surface area contributed by atoms with E-state index in [9.17, 15) is 13.2 Å². The van der Waals surface area contributed by atoms with Gasteiger partial charge in [-0.25, -0.2) is 18.1 Å². The van der Waals surface area contributed by atoms with E-state index in [-0.39, 0.29) is 17.7 Å². The first-order chi connectivity index (χ1) is 12.5. The predicted octanol–water partition coefficient (Wildman–Crippen LogP) is 1.92. The molecule has 0 saturated heterocycles. The van der Waals surface area contributed by atoms with Gasteiger partial charge in [-0.2, -0.15) is 5.10 Å². The first-order valence-corrected chi connectivity index (χ1v) is 9.77. The number of hydrogen-bond donors (Lipinski definition) is 1. The van der Waals surface area contributed by atoms with Gasteiger partial charge in [-0.05, 0) is 42.3 Å². The molecule has 2 heterocycles. The van der Waals surface area contributed by atoms with Crippen molar-refractivity contribution in [3.8, 4) is 5.69 Å². The molecule has 3 aromatic rings. The normalized spacial score (nSPS) is 18.1. The lowest BCUT2D eigenvalue weighted by atomic mass is 10.0. The molecular formula is C18H16N4O3S. The third-order valence-corrected chi connectivity index (χ3v) is 6.24. The van der Waals surface area contributed by atoms with Gasteiger partial charge >= 0.3 is 0 Å². The molecular weight excluding hydrogens is 352 g/mol. The number of amides is 1. The van der Waals surface area contributed by atoms with E-state index >= 15 is 0 Å². The Kier molecular flexibility index (Phi) is 4.04. The minimum Gasteiger partial charge on any atom is -0.345 e. The largest absolute Gasteiger partial charge is 0.345 e. The number of carbonyl (C=O) groups excluding carboxylic acids is 1. The van der Waals surface area contributed by atoms with Gasteiger partial charge in [0.1, 0.15) is 12.7 Å². The summed E-state index contributed by atoms with van der Waals surface area (Å²) < 4.78 is 26.0. The van der Waals surface area contributed by atoms with Crippen LogP contribution in [0, 0.1) is 0 Å². The Morgan fingerprint density at radius 2 is 1.88 bits per heavy atom. The van der Waals surface area contributed by atoms with Gasteiger partial charge in [0, 0.05) is 5.56 Å². The first kappa shape index (κ1) is 16.5. The number of fused-ring (bicyclic) bond motifs is 1. The van der Waals surface area contributed by atoms with Crippen molar-refractivity contribution in [1.82, 2.24) is 20.1 Å². The van der Waals surface area contributed by atoms with Gasteiger partial charge in [0.2, 0.25) is 0 Å². The lowest BCUT2D eigenvalue weighted by Crippen LogP contribution is -2.33. The van der Waals surface area contributed by atoms with Gasteiger partial charge in [-0.15, -0.1) is 0 Å². The van der Waals surface area contributed by atoms with Crippen molar-refractivity contribution in [3.05, 3.63) is 72.3 Å². The van der Waals surface area contributed by atoms with Gasteiger partial charge in [0.25, 0.3) is 5.91 Å². The van der Waals surface area contributed by atoms with Crippen LogP contribution in [0.3, 0.4) is 0 Å². The number of nitrogens with zero attached hydrogens (tertiary/aromatic N) is 3. The van der Waals surface area contributed by atoms with E-state index in [1.54, 1.807) is 59.5 Å². The van der Waals surface area contributed by atoms with Gasteiger partial charge in [0.05, 0.1) is 22.4 Å². The second kappa shape index (κ2) is 6.38. The van der Waals surface area contributed by atoms with Gasteiger partial charge < -0.3 is 5.32 Å². The lowest BCUT2D eigenvalue weighted by molar-refractivity contribution is 0.0934. The molecule has 0 saturated carbocycles. The quantitative estimate of drug-likeness (QED) is 0.762. The zero-order chi connectivity index (χ0) is 18.1. The molecule has 132 valence electrons. The third-order valence-electron chi connectivity index (χ3n) is 4.42. The second-order valence-corrected chi connectivity index (χ2v) is 8.14. The lowest BCUT2D eigenvalue weighted by Gasteiger charge is -2.26. The molecule has 1 unspecified atom stereocenters. The van der Waals surface area contributed by atoms with E-state index in [1.807, 2.05) is 0 Å². The zero-order valence-corrected chi connectivity index (χ0v) is 14.6.